The van der Waals surface area contributed by atoms with Crippen LogP contribution in [0.15, 0.2) is 0 Å². The summed E-state index contributed by atoms with van der Waals surface area (Å²) >= 11 is 0. The predicted molar refractivity (Wildman–Crippen MR) is 171 cm³/mol. The molecule has 2 amide bonds. The molecule has 0 aromatic rings. The van der Waals surface area contributed by atoms with Gasteiger partial charge >= 0.3 is 5.97 Å². The lowest BCUT2D eigenvalue weighted by Crippen LogP contribution is -2.52. The zero-order chi connectivity index (χ0) is 33.3. The molecular formula is C33H63N3O7. The number of aliphatic carboxylic acids is 1. The minimum Gasteiger partial charge on any atom is -0.481 e. The van der Waals surface area contributed by atoms with Crippen LogP contribution in [0.3, 0.4) is 0 Å². The molecule has 0 radical (unpaired) electrons. The third kappa shape index (κ3) is 21.3. The number of nitrogens with one attached hydrogen (secondary N) is 3. The van der Waals surface area contributed by atoms with Crippen molar-refractivity contribution >= 4 is 23.6 Å². The molecule has 0 spiro atoms. The number of hydrogen-bond acceptors (Lipinski definition) is 7. The van der Waals surface area contributed by atoms with Gasteiger partial charge in [0.25, 0.3) is 0 Å². The molecule has 0 aromatic carbocycles. The van der Waals surface area contributed by atoms with Crippen LogP contribution in [0.25, 0.3) is 0 Å². The van der Waals surface area contributed by atoms with Gasteiger partial charge in [0.15, 0.2) is 5.78 Å². The summed E-state index contributed by atoms with van der Waals surface area (Å²) in [5.74, 6) is -0.858. The van der Waals surface area contributed by atoms with Crippen molar-refractivity contribution < 1.29 is 33.8 Å². The molecule has 43 heavy (non-hydrogen) atoms. The second kappa shape index (κ2) is 19.4. The van der Waals surface area contributed by atoms with Crippen molar-refractivity contribution in [2.75, 3.05) is 26.3 Å². The third-order valence-corrected chi connectivity index (χ3v) is 7.61. The predicted octanol–water partition coefficient (Wildman–Crippen LogP) is 5.17. The van der Waals surface area contributed by atoms with E-state index in [4.69, 9.17) is 14.6 Å². The van der Waals surface area contributed by atoms with Crippen molar-refractivity contribution in [3.8, 4) is 0 Å². The van der Waals surface area contributed by atoms with Crippen LogP contribution in [0, 0.1) is 5.41 Å². The van der Waals surface area contributed by atoms with Gasteiger partial charge in [0.2, 0.25) is 11.8 Å². The lowest BCUT2D eigenvalue weighted by Gasteiger charge is -2.33. The number of ether oxygens (including phenoxy) is 2. The molecule has 0 fully saturated rings. The van der Waals surface area contributed by atoms with E-state index in [2.05, 4.69) is 36.7 Å². The maximum Gasteiger partial charge on any atom is 0.303 e. The number of carboxylic acid groups (broad SMARTS) is 1. The first-order chi connectivity index (χ1) is 19.7. The van der Waals surface area contributed by atoms with Gasteiger partial charge in [0, 0.05) is 43.3 Å². The van der Waals surface area contributed by atoms with Crippen LogP contribution in [0.1, 0.15) is 133 Å². The van der Waals surface area contributed by atoms with Gasteiger partial charge in [-0.05, 0) is 86.5 Å². The zero-order valence-electron chi connectivity index (χ0n) is 28.9. The van der Waals surface area contributed by atoms with Crippen molar-refractivity contribution in [3.63, 3.8) is 0 Å². The zero-order valence-corrected chi connectivity index (χ0v) is 28.9. The van der Waals surface area contributed by atoms with Crippen molar-refractivity contribution in [3.05, 3.63) is 0 Å². The highest BCUT2D eigenvalue weighted by atomic mass is 16.5. The minimum atomic E-state index is -0.905. The number of carbonyl (C=O) groups is 4. The largest absolute Gasteiger partial charge is 0.481 e. The number of amides is 2. The molecule has 0 saturated heterocycles. The molecule has 10 nitrogen and oxygen atoms in total. The van der Waals surface area contributed by atoms with E-state index in [1.807, 2.05) is 48.5 Å². The summed E-state index contributed by atoms with van der Waals surface area (Å²) in [4.78, 5) is 47.7. The van der Waals surface area contributed by atoms with Crippen molar-refractivity contribution in [2.24, 2.45) is 5.41 Å². The van der Waals surface area contributed by atoms with Crippen LogP contribution >= 0.6 is 0 Å². The highest BCUT2D eigenvalue weighted by molar-refractivity contribution is 5.88. The quantitative estimate of drug-likeness (QED) is 0.109. The van der Waals surface area contributed by atoms with E-state index in [1.165, 1.54) is 0 Å². The lowest BCUT2D eigenvalue weighted by atomic mass is 9.83. The molecule has 0 aliphatic carbocycles. The van der Waals surface area contributed by atoms with Crippen LogP contribution in [-0.2, 0) is 28.7 Å². The molecule has 0 saturated carbocycles. The lowest BCUT2D eigenvalue weighted by molar-refractivity contribution is -0.137. The van der Waals surface area contributed by atoms with E-state index < -0.39 is 22.6 Å². The van der Waals surface area contributed by atoms with E-state index in [1.54, 1.807) is 0 Å². The van der Waals surface area contributed by atoms with E-state index in [0.717, 1.165) is 25.7 Å². The number of hydrogen-bond donors (Lipinski definition) is 4. The summed E-state index contributed by atoms with van der Waals surface area (Å²) in [6.45, 7) is 21.9. The summed E-state index contributed by atoms with van der Waals surface area (Å²) in [5.41, 5.74) is -1.42. The second-order valence-electron chi connectivity index (χ2n) is 14.5. The topological polar surface area (TPSA) is 143 Å². The Kier molecular flexibility index (Phi) is 18.5. The van der Waals surface area contributed by atoms with Crippen molar-refractivity contribution in [1.82, 2.24) is 16.0 Å². The van der Waals surface area contributed by atoms with Crippen LogP contribution < -0.4 is 16.0 Å². The molecular weight excluding hydrogens is 550 g/mol. The number of carboxylic acids is 1. The maximum absolute atomic E-state index is 13.0. The highest BCUT2D eigenvalue weighted by Crippen LogP contribution is 2.23. The molecule has 0 bridgehead atoms. The summed E-state index contributed by atoms with van der Waals surface area (Å²) in [6.07, 6.45) is 5.45. The molecule has 4 N–H and O–H groups in total. The van der Waals surface area contributed by atoms with E-state index in [9.17, 15) is 19.2 Å². The molecule has 10 heteroatoms. The van der Waals surface area contributed by atoms with Gasteiger partial charge in [-0.15, -0.1) is 0 Å². The van der Waals surface area contributed by atoms with E-state index in [0.29, 0.717) is 52.0 Å². The second-order valence-corrected chi connectivity index (χ2v) is 14.5. The number of carbonyl (C=O) groups excluding carboxylic acids is 3. The van der Waals surface area contributed by atoms with Crippen molar-refractivity contribution in [1.29, 1.82) is 0 Å². The van der Waals surface area contributed by atoms with Gasteiger partial charge in [0.05, 0.1) is 30.5 Å². The van der Waals surface area contributed by atoms with Crippen LogP contribution in [0.5, 0.6) is 0 Å². The highest BCUT2D eigenvalue weighted by Gasteiger charge is 2.32. The number of rotatable bonds is 24. The molecule has 0 rings (SSSR count). The van der Waals surface area contributed by atoms with Gasteiger partial charge in [-0.25, -0.2) is 0 Å². The Labute approximate surface area is 261 Å². The standard InChI is InChI=1S/C33H63N3O7/c1-11-31(5,6)36-25(29(41)30(2,3)4)15-12-13-21-34-27(38)18-19-32(7,8)42-23-20-33(9,10)43-24-22-35-26(37)16-14-17-28(39)40/h25,36H,11-24H2,1-10H3,(H,34,38)(H,35,37)(H,39,40)/t25-/m0/s1. The smallest absolute Gasteiger partial charge is 0.303 e. The first kappa shape index (κ1) is 41.0. The van der Waals surface area contributed by atoms with Gasteiger partial charge in [-0.1, -0.05) is 27.7 Å². The van der Waals surface area contributed by atoms with Gasteiger partial charge in [-0.2, -0.15) is 0 Å². The third-order valence-electron chi connectivity index (χ3n) is 7.61. The van der Waals surface area contributed by atoms with Crippen LogP contribution in [0.4, 0.5) is 0 Å². The summed E-state index contributed by atoms with van der Waals surface area (Å²) in [7, 11) is 0. The average Bonchev–Trinajstić information content (AvgIpc) is 2.87. The summed E-state index contributed by atoms with van der Waals surface area (Å²) in [5, 5.41) is 17.9. The molecule has 0 aliphatic rings. The number of unbranched alkanes of at least 4 members (excludes halogenated alkanes) is 1. The van der Waals surface area contributed by atoms with E-state index >= 15 is 0 Å². The molecule has 0 aromatic heterocycles. The molecule has 252 valence electrons. The SMILES string of the molecule is CCC(C)(C)N[C@@H](CCCCNC(=O)CCC(C)(C)OCCC(C)(C)OCCNC(=O)CCCC(=O)O)C(=O)C(C)(C)C. The fourth-order valence-corrected chi connectivity index (χ4v) is 4.29. The normalized spacial score (nSPS) is 13.4. The monoisotopic (exact) mass is 613 g/mol. The molecule has 0 unspecified atom stereocenters. The number of ketones is 1. The molecule has 1 atom stereocenters. The van der Waals surface area contributed by atoms with Gasteiger partial charge < -0.3 is 30.5 Å². The van der Waals surface area contributed by atoms with E-state index in [-0.39, 0.29) is 42.0 Å². The number of Topliss-reactive ketones (excluding diaryl/α,β-unsaturated/α-hetero) is 1. The Morgan fingerprint density at radius 3 is 1.84 bits per heavy atom. The molecule has 0 aliphatic heterocycles. The Bertz CT molecular complexity index is 863. The fraction of sp³-hybridized carbons (Fsp3) is 0.879. The van der Waals surface area contributed by atoms with Crippen molar-refractivity contribution in [2.45, 2.75) is 156 Å². The average molecular weight is 614 g/mol. The van der Waals surface area contributed by atoms with Crippen LogP contribution in [0.2, 0.25) is 0 Å². The molecule has 0 heterocycles. The first-order valence-electron chi connectivity index (χ1n) is 16.0. The Hall–Kier alpha value is -2.04. The minimum absolute atomic E-state index is 0.00194. The van der Waals surface area contributed by atoms with Crippen LogP contribution in [-0.4, -0.2) is 77.8 Å². The Morgan fingerprint density at radius 1 is 0.698 bits per heavy atom. The first-order valence-corrected chi connectivity index (χ1v) is 16.0. The Morgan fingerprint density at radius 2 is 1.26 bits per heavy atom. The Balaban J connectivity index is 4.28. The summed E-state index contributed by atoms with van der Waals surface area (Å²) < 4.78 is 12.0. The fourth-order valence-electron chi connectivity index (χ4n) is 4.29. The van der Waals surface area contributed by atoms with Gasteiger partial charge in [0.1, 0.15) is 0 Å². The maximum atomic E-state index is 13.0. The van der Waals surface area contributed by atoms with Gasteiger partial charge in [-0.3, -0.25) is 19.2 Å². The summed E-state index contributed by atoms with van der Waals surface area (Å²) in [6, 6.07) is -0.193.